The Morgan fingerprint density at radius 1 is 1.42 bits per heavy atom. The molecule has 0 spiro atoms. The number of hydrogen-bond acceptors (Lipinski definition) is 4. The molecule has 0 radical (unpaired) electrons. The highest BCUT2D eigenvalue weighted by Crippen LogP contribution is 2.30. The molecule has 1 saturated heterocycles. The normalized spacial score (nSPS) is 23.6. The van der Waals surface area contributed by atoms with Crippen molar-refractivity contribution < 1.29 is 4.79 Å². The van der Waals surface area contributed by atoms with Gasteiger partial charge in [0.25, 0.3) is 0 Å². The lowest BCUT2D eigenvalue weighted by Crippen LogP contribution is -2.36. The number of carbonyl (C=O) groups excluding carboxylic acids is 1. The third-order valence-corrected chi connectivity index (χ3v) is 4.53. The highest BCUT2D eigenvalue weighted by Gasteiger charge is 2.38. The number of nitrogens with zero attached hydrogens (tertiary/aromatic N) is 2. The zero-order valence-electron chi connectivity index (χ0n) is 12.1. The maximum absolute atomic E-state index is 12.4. The summed E-state index contributed by atoms with van der Waals surface area (Å²) in [4.78, 5) is 19.0. The predicted octanol–water partition coefficient (Wildman–Crippen LogP) is 1.83. The minimum absolute atomic E-state index is 0.0328. The number of nitrogens with one attached hydrogen (secondary N) is 1. The Balaban J connectivity index is 2.16. The first-order chi connectivity index (χ1) is 9.02. The standard InChI is InChI=1S/C14H23N3OS/c1-5-11-14(18)17(9-8-16(3)4)13(15-11)12-7-6-10(2)19-12/h6-7,11,13,15H,5,8-9H2,1-4H3. The van der Waals surface area contributed by atoms with E-state index in [0.717, 1.165) is 19.5 Å². The highest BCUT2D eigenvalue weighted by molar-refractivity contribution is 7.12. The van der Waals surface area contributed by atoms with Crippen LogP contribution in [0.2, 0.25) is 0 Å². The summed E-state index contributed by atoms with van der Waals surface area (Å²) in [6, 6.07) is 4.22. The van der Waals surface area contributed by atoms with E-state index < -0.39 is 0 Å². The van der Waals surface area contributed by atoms with Crippen molar-refractivity contribution in [2.75, 3.05) is 27.2 Å². The van der Waals surface area contributed by atoms with Crippen LogP contribution in [0.5, 0.6) is 0 Å². The number of carbonyl (C=O) groups is 1. The van der Waals surface area contributed by atoms with Crippen molar-refractivity contribution in [2.24, 2.45) is 0 Å². The van der Waals surface area contributed by atoms with Gasteiger partial charge in [-0.05, 0) is 39.6 Å². The Hall–Kier alpha value is -0.910. The van der Waals surface area contributed by atoms with Crippen molar-refractivity contribution in [1.82, 2.24) is 15.1 Å². The number of aryl methyl sites for hydroxylation is 1. The molecular formula is C14H23N3OS. The summed E-state index contributed by atoms with van der Waals surface area (Å²) >= 11 is 1.77. The van der Waals surface area contributed by atoms with Crippen molar-refractivity contribution in [3.63, 3.8) is 0 Å². The predicted molar refractivity (Wildman–Crippen MR) is 79.3 cm³/mol. The van der Waals surface area contributed by atoms with Gasteiger partial charge in [-0.3, -0.25) is 10.1 Å². The molecule has 1 aromatic rings. The second-order valence-electron chi connectivity index (χ2n) is 5.31. The average Bonchev–Trinajstić information content (AvgIpc) is 2.91. The van der Waals surface area contributed by atoms with Gasteiger partial charge >= 0.3 is 0 Å². The fourth-order valence-electron chi connectivity index (χ4n) is 2.35. The highest BCUT2D eigenvalue weighted by atomic mass is 32.1. The van der Waals surface area contributed by atoms with Crippen LogP contribution in [0.15, 0.2) is 12.1 Å². The quantitative estimate of drug-likeness (QED) is 0.894. The molecule has 4 nitrogen and oxygen atoms in total. The van der Waals surface area contributed by atoms with Crippen LogP contribution in [-0.4, -0.2) is 48.9 Å². The van der Waals surface area contributed by atoms with E-state index in [4.69, 9.17) is 0 Å². The van der Waals surface area contributed by atoms with Crippen LogP contribution in [0.3, 0.4) is 0 Å². The molecule has 1 amide bonds. The Kier molecular flexibility index (Phi) is 4.60. The van der Waals surface area contributed by atoms with Gasteiger partial charge in [-0.2, -0.15) is 0 Å². The SMILES string of the molecule is CCC1NC(c2ccc(C)s2)N(CCN(C)C)C1=O. The first-order valence-corrected chi connectivity index (χ1v) is 7.62. The van der Waals surface area contributed by atoms with Gasteiger partial charge < -0.3 is 9.80 Å². The molecule has 0 saturated carbocycles. The first kappa shape index (κ1) is 14.5. The molecular weight excluding hydrogens is 258 g/mol. The smallest absolute Gasteiger partial charge is 0.241 e. The third kappa shape index (κ3) is 3.16. The van der Waals surface area contributed by atoms with Gasteiger partial charge in [-0.25, -0.2) is 0 Å². The number of likely N-dealkylation sites (N-methyl/N-ethyl adjacent to an activating group) is 1. The molecule has 1 N–H and O–H groups in total. The van der Waals surface area contributed by atoms with Crippen LogP contribution in [0.25, 0.3) is 0 Å². The molecule has 0 aromatic carbocycles. The van der Waals surface area contributed by atoms with Crippen molar-refractivity contribution >= 4 is 17.2 Å². The topological polar surface area (TPSA) is 35.6 Å². The molecule has 106 valence electrons. The fourth-order valence-corrected chi connectivity index (χ4v) is 3.31. The molecule has 1 aliphatic heterocycles. The average molecular weight is 281 g/mol. The van der Waals surface area contributed by atoms with E-state index in [1.807, 2.05) is 19.0 Å². The second-order valence-corrected chi connectivity index (χ2v) is 6.63. The lowest BCUT2D eigenvalue weighted by Gasteiger charge is -2.24. The molecule has 1 fully saturated rings. The number of rotatable bonds is 5. The van der Waals surface area contributed by atoms with Gasteiger partial charge in [0, 0.05) is 22.8 Å². The van der Waals surface area contributed by atoms with Gasteiger partial charge in [0.1, 0.15) is 6.17 Å². The second kappa shape index (κ2) is 6.03. The van der Waals surface area contributed by atoms with Gasteiger partial charge in [0.05, 0.1) is 6.04 Å². The summed E-state index contributed by atoms with van der Waals surface area (Å²) in [6.45, 7) is 5.83. The summed E-state index contributed by atoms with van der Waals surface area (Å²) in [5.41, 5.74) is 0. The largest absolute Gasteiger partial charge is 0.319 e. The van der Waals surface area contributed by atoms with E-state index in [1.165, 1.54) is 9.75 Å². The molecule has 1 aliphatic rings. The molecule has 2 atom stereocenters. The van der Waals surface area contributed by atoms with Crippen LogP contribution in [0, 0.1) is 6.92 Å². The number of amides is 1. The molecule has 5 heteroatoms. The van der Waals surface area contributed by atoms with Crippen LogP contribution in [-0.2, 0) is 4.79 Å². The Morgan fingerprint density at radius 2 is 2.16 bits per heavy atom. The monoisotopic (exact) mass is 281 g/mol. The maximum atomic E-state index is 12.4. The molecule has 2 rings (SSSR count). The zero-order chi connectivity index (χ0) is 14.0. The van der Waals surface area contributed by atoms with Crippen LogP contribution >= 0.6 is 11.3 Å². The summed E-state index contributed by atoms with van der Waals surface area (Å²) in [5.74, 6) is 0.236. The van der Waals surface area contributed by atoms with Crippen LogP contribution in [0.4, 0.5) is 0 Å². The summed E-state index contributed by atoms with van der Waals surface area (Å²) in [5, 5.41) is 3.46. The number of thiophene rings is 1. The molecule has 1 aromatic heterocycles. The molecule has 2 heterocycles. The van der Waals surface area contributed by atoms with Crippen molar-refractivity contribution in [1.29, 1.82) is 0 Å². The van der Waals surface area contributed by atoms with E-state index in [-0.39, 0.29) is 18.1 Å². The first-order valence-electron chi connectivity index (χ1n) is 6.80. The van der Waals surface area contributed by atoms with E-state index in [2.05, 4.69) is 36.2 Å². The van der Waals surface area contributed by atoms with E-state index >= 15 is 0 Å². The van der Waals surface area contributed by atoms with Crippen LogP contribution < -0.4 is 5.32 Å². The Labute approximate surface area is 119 Å². The van der Waals surface area contributed by atoms with E-state index in [0.29, 0.717) is 0 Å². The minimum atomic E-state index is -0.0328. The van der Waals surface area contributed by atoms with Crippen molar-refractivity contribution in [3.8, 4) is 0 Å². The van der Waals surface area contributed by atoms with E-state index in [9.17, 15) is 4.79 Å². The van der Waals surface area contributed by atoms with E-state index in [1.54, 1.807) is 11.3 Å². The van der Waals surface area contributed by atoms with Crippen molar-refractivity contribution in [3.05, 3.63) is 21.9 Å². The summed E-state index contributed by atoms with van der Waals surface area (Å²) < 4.78 is 0. The van der Waals surface area contributed by atoms with Gasteiger partial charge in [0.2, 0.25) is 5.91 Å². The number of hydrogen-bond donors (Lipinski definition) is 1. The molecule has 2 unspecified atom stereocenters. The van der Waals surface area contributed by atoms with Gasteiger partial charge in [-0.1, -0.05) is 6.92 Å². The van der Waals surface area contributed by atoms with Gasteiger partial charge in [0.15, 0.2) is 0 Å². The lowest BCUT2D eigenvalue weighted by molar-refractivity contribution is -0.130. The van der Waals surface area contributed by atoms with Crippen molar-refractivity contribution in [2.45, 2.75) is 32.5 Å². The zero-order valence-corrected chi connectivity index (χ0v) is 13.0. The molecule has 0 aliphatic carbocycles. The van der Waals surface area contributed by atoms with Gasteiger partial charge in [-0.15, -0.1) is 11.3 Å². The maximum Gasteiger partial charge on any atom is 0.241 e. The lowest BCUT2D eigenvalue weighted by atomic mass is 10.2. The van der Waals surface area contributed by atoms with Crippen LogP contribution in [0.1, 0.15) is 29.3 Å². The minimum Gasteiger partial charge on any atom is -0.319 e. The molecule has 19 heavy (non-hydrogen) atoms. The third-order valence-electron chi connectivity index (χ3n) is 3.48. The summed E-state index contributed by atoms with van der Waals surface area (Å²) in [6.07, 6.45) is 0.897. The Bertz CT molecular complexity index is 444. The fraction of sp³-hybridized carbons (Fsp3) is 0.643. The summed E-state index contributed by atoms with van der Waals surface area (Å²) in [7, 11) is 4.07. The molecule has 0 bridgehead atoms. The Morgan fingerprint density at radius 3 is 2.68 bits per heavy atom.